The standard InChI is InChI=1S/C23H22F5N5O/c1-10(14-5-4-6-15(18(14)24)19(25)26)29-21-17-7-16(11(2)34)20(32-13-8-23(27,28)9-13)33-22(17)31-12(3)30-21/h4-7,10,13,19H,8-9H2,1-3H3,(H2,29,30,31,32,33)/t10-/m1/s1. The zero-order chi connectivity index (χ0) is 24.8. The van der Waals surface area contributed by atoms with Crippen LogP contribution in [0.25, 0.3) is 11.0 Å². The summed E-state index contributed by atoms with van der Waals surface area (Å²) in [6, 6.07) is 3.97. The molecule has 0 spiro atoms. The molecule has 1 saturated carbocycles. The Morgan fingerprint density at radius 1 is 1.12 bits per heavy atom. The number of alkyl halides is 4. The quantitative estimate of drug-likeness (QED) is 0.320. The third kappa shape index (κ3) is 4.64. The van der Waals surface area contributed by atoms with Crippen molar-refractivity contribution < 1.29 is 26.7 Å². The van der Waals surface area contributed by atoms with Crippen molar-refractivity contribution in [3.63, 3.8) is 0 Å². The maximum atomic E-state index is 14.6. The normalized spacial score (nSPS) is 16.4. The number of nitrogens with zero attached hydrogens (tertiary/aromatic N) is 3. The first kappa shape index (κ1) is 23.8. The number of hydrogen-bond acceptors (Lipinski definition) is 6. The van der Waals surface area contributed by atoms with Crippen LogP contribution in [0.5, 0.6) is 0 Å². The van der Waals surface area contributed by atoms with E-state index in [0.29, 0.717) is 11.2 Å². The number of carbonyl (C=O) groups excluding carboxylic acids is 1. The van der Waals surface area contributed by atoms with Gasteiger partial charge in [0.15, 0.2) is 11.4 Å². The van der Waals surface area contributed by atoms with Crippen molar-refractivity contribution in [3.8, 4) is 0 Å². The third-order valence-electron chi connectivity index (χ3n) is 5.72. The zero-order valence-electron chi connectivity index (χ0n) is 18.6. The number of aromatic nitrogens is 3. The van der Waals surface area contributed by atoms with Crippen LogP contribution in [0, 0.1) is 12.7 Å². The van der Waals surface area contributed by atoms with Crippen molar-refractivity contribution in [2.75, 3.05) is 10.6 Å². The number of nitrogens with one attached hydrogen (secondary N) is 2. The molecule has 0 aliphatic heterocycles. The third-order valence-corrected chi connectivity index (χ3v) is 5.72. The predicted molar refractivity (Wildman–Crippen MR) is 117 cm³/mol. The van der Waals surface area contributed by atoms with Crippen LogP contribution in [0.3, 0.4) is 0 Å². The molecular formula is C23H22F5N5O. The average molecular weight is 479 g/mol. The summed E-state index contributed by atoms with van der Waals surface area (Å²) >= 11 is 0. The Hall–Kier alpha value is -3.37. The number of carbonyl (C=O) groups is 1. The van der Waals surface area contributed by atoms with E-state index in [1.807, 2.05) is 0 Å². The summed E-state index contributed by atoms with van der Waals surface area (Å²) in [5.41, 5.74) is -0.321. The number of halogens is 5. The van der Waals surface area contributed by atoms with E-state index in [9.17, 15) is 26.7 Å². The average Bonchev–Trinajstić information content (AvgIpc) is 2.71. The summed E-state index contributed by atoms with van der Waals surface area (Å²) in [4.78, 5) is 25.3. The van der Waals surface area contributed by atoms with Gasteiger partial charge in [-0.05, 0) is 26.8 Å². The summed E-state index contributed by atoms with van der Waals surface area (Å²) in [5.74, 6) is -3.42. The minimum atomic E-state index is -2.96. The Bertz CT molecular complexity index is 1260. The van der Waals surface area contributed by atoms with Gasteiger partial charge < -0.3 is 10.6 Å². The molecule has 3 aromatic rings. The Kier molecular flexibility index (Phi) is 6.13. The van der Waals surface area contributed by atoms with Gasteiger partial charge in [-0.15, -0.1) is 0 Å². The second kappa shape index (κ2) is 8.77. The summed E-state index contributed by atoms with van der Waals surface area (Å²) in [5, 5.41) is 6.24. The largest absolute Gasteiger partial charge is 0.366 e. The van der Waals surface area contributed by atoms with Gasteiger partial charge in [0, 0.05) is 24.4 Å². The summed E-state index contributed by atoms with van der Waals surface area (Å²) in [6.45, 7) is 4.51. The molecule has 2 N–H and O–H groups in total. The maximum Gasteiger partial charge on any atom is 0.266 e. The van der Waals surface area contributed by atoms with Gasteiger partial charge in [-0.25, -0.2) is 36.9 Å². The minimum Gasteiger partial charge on any atom is -0.366 e. The highest BCUT2D eigenvalue weighted by atomic mass is 19.3. The van der Waals surface area contributed by atoms with Crippen molar-refractivity contribution in [1.82, 2.24) is 15.0 Å². The summed E-state index contributed by atoms with van der Waals surface area (Å²) < 4.78 is 67.3. The molecule has 1 aromatic carbocycles. The Balaban J connectivity index is 1.72. The Morgan fingerprint density at radius 3 is 2.41 bits per heavy atom. The maximum absolute atomic E-state index is 14.6. The first-order valence-corrected chi connectivity index (χ1v) is 10.6. The molecule has 11 heteroatoms. The highest BCUT2D eigenvalue weighted by Gasteiger charge is 2.45. The van der Waals surface area contributed by atoms with Gasteiger partial charge in [0.1, 0.15) is 23.3 Å². The fourth-order valence-corrected chi connectivity index (χ4v) is 3.96. The van der Waals surface area contributed by atoms with Crippen LogP contribution in [-0.4, -0.2) is 32.7 Å². The Labute approximate surface area is 192 Å². The molecule has 180 valence electrons. The van der Waals surface area contributed by atoms with E-state index in [4.69, 9.17) is 0 Å². The number of ketones is 1. The van der Waals surface area contributed by atoms with Crippen molar-refractivity contribution in [3.05, 3.63) is 52.6 Å². The van der Waals surface area contributed by atoms with Crippen molar-refractivity contribution in [2.24, 2.45) is 0 Å². The van der Waals surface area contributed by atoms with E-state index >= 15 is 0 Å². The fraction of sp³-hybridized carbons (Fsp3) is 0.391. The number of pyridine rings is 1. The molecule has 4 rings (SSSR count). The lowest BCUT2D eigenvalue weighted by Gasteiger charge is -2.35. The molecule has 1 aliphatic rings. The lowest BCUT2D eigenvalue weighted by atomic mass is 9.88. The van der Waals surface area contributed by atoms with Gasteiger partial charge in [0.05, 0.1) is 22.6 Å². The smallest absolute Gasteiger partial charge is 0.266 e. The molecule has 0 unspecified atom stereocenters. The number of rotatable bonds is 7. The SMILES string of the molecule is CC(=O)c1cc2c(N[C@H](C)c3cccc(C(F)F)c3F)nc(C)nc2nc1NC1CC(F)(F)C1. The lowest BCUT2D eigenvalue weighted by molar-refractivity contribution is -0.0794. The first-order valence-electron chi connectivity index (χ1n) is 10.6. The second-order valence-corrected chi connectivity index (χ2v) is 8.45. The molecule has 0 amide bonds. The van der Waals surface area contributed by atoms with Crippen molar-refractivity contribution >= 4 is 28.5 Å². The summed E-state index contributed by atoms with van der Waals surface area (Å²) in [7, 11) is 0. The number of fused-ring (bicyclic) bond motifs is 1. The van der Waals surface area contributed by atoms with E-state index in [1.54, 1.807) is 13.8 Å². The highest BCUT2D eigenvalue weighted by Crippen LogP contribution is 2.39. The highest BCUT2D eigenvalue weighted by molar-refractivity contribution is 6.03. The van der Waals surface area contributed by atoms with Crippen LogP contribution in [0.2, 0.25) is 0 Å². The molecule has 1 atom stereocenters. The van der Waals surface area contributed by atoms with Crippen LogP contribution >= 0.6 is 0 Å². The van der Waals surface area contributed by atoms with E-state index in [-0.39, 0.29) is 47.0 Å². The summed E-state index contributed by atoms with van der Waals surface area (Å²) in [6.07, 6.45) is -3.68. The van der Waals surface area contributed by atoms with E-state index in [0.717, 1.165) is 6.07 Å². The predicted octanol–water partition coefficient (Wildman–Crippen LogP) is 6.00. The van der Waals surface area contributed by atoms with Gasteiger partial charge >= 0.3 is 0 Å². The molecule has 0 radical (unpaired) electrons. The molecule has 1 fully saturated rings. The van der Waals surface area contributed by atoms with Gasteiger partial charge in [-0.1, -0.05) is 18.2 Å². The van der Waals surface area contributed by atoms with Crippen LogP contribution in [0.1, 0.15) is 66.5 Å². The Morgan fingerprint density at radius 2 is 1.79 bits per heavy atom. The number of benzene rings is 1. The zero-order valence-corrected chi connectivity index (χ0v) is 18.6. The molecule has 0 bridgehead atoms. The number of aryl methyl sites for hydroxylation is 1. The molecular weight excluding hydrogens is 457 g/mol. The van der Waals surface area contributed by atoms with E-state index < -0.39 is 35.8 Å². The fourth-order valence-electron chi connectivity index (χ4n) is 3.96. The minimum absolute atomic E-state index is 0.0196. The van der Waals surface area contributed by atoms with E-state index in [1.165, 1.54) is 25.1 Å². The van der Waals surface area contributed by atoms with E-state index in [2.05, 4.69) is 25.6 Å². The molecule has 34 heavy (non-hydrogen) atoms. The number of hydrogen-bond donors (Lipinski definition) is 2. The number of Topliss-reactive ketones (excluding diaryl/α,β-unsaturated/α-hetero) is 1. The monoisotopic (exact) mass is 479 g/mol. The van der Waals surface area contributed by atoms with Gasteiger partial charge in [0.2, 0.25) is 0 Å². The lowest BCUT2D eigenvalue weighted by Crippen LogP contribution is -2.44. The molecule has 0 saturated heterocycles. The molecule has 6 nitrogen and oxygen atoms in total. The van der Waals surface area contributed by atoms with Crippen LogP contribution < -0.4 is 10.6 Å². The van der Waals surface area contributed by atoms with Gasteiger partial charge in [0.25, 0.3) is 12.3 Å². The van der Waals surface area contributed by atoms with Crippen molar-refractivity contribution in [2.45, 2.75) is 58.0 Å². The van der Waals surface area contributed by atoms with Crippen LogP contribution in [0.4, 0.5) is 33.6 Å². The van der Waals surface area contributed by atoms with Gasteiger partial charge in [-0.2, -0.15) is 0 Å². The molecule has 2 aromatic heterocycles. The van der Waals surface area contributed by atoms with Crippen molar-refractivity contribution in [1.29, 1.82) is 0 Å². The second-order valence-electron chi connectivity index (χ2n) is 8.45. The van der Waals surface area contributed by atoms with Crippen LogP contribution in [-0.2, 0) is 0 Å². The van der Waals surface area contributed by atoms with Crippen LogP contribution in [0.15, 0.2) is 24.3 Å². The van der Waals surface area contributed by atoms with Gasteiger partial charge in [-0.3, -0.25) is 4.79 Å². The molecule has 1 aliphatic carbocycles. The number of anilines is 2. The molecule has 2 heterocycles. The first-order chi connectivity index (χ1) is 15.9. The topological polar surface area (TPSA) is 79.8 Å².